The molecule has 0 radical (unpaired) electrons. The van der Waals surface area contributed by atoms with E-state index < -0.39 is 0 Å². The lowest BCUT2D eigenvalue weighted by Gasteiger charge is -2.16. The third-order valence-electron chi connectivity index (χ3n) is 3.60. The summed E-state index contributed by atoms with van der Waals surface area (Å²) in [6, 6.07) is 10.6. The monoisotopic (exact) mass is 257 g/mol. The predicted molar refractivity (Wildman–Crippen MR) is 80.7 cm³/mol. The molecule has 0 saturated carbocycles. The molecule has 0 fully saturated rings. The number of nitrogens with two attached hydrogens (primary N) is 1. The molecule has 3 heteroatoms. The molecule has 0 aliphatic carbocycles. The van der Waals surface area contributed by atoms with Gasteiger partial charge in [-0.1, -0.05) is 44.4 Å². The summed E-state index contributed by atoms with van der Waals surface area (Å²) < 4.78 is 0. The Labute approximate surface area is 115 Å². The number of benzene rings is 1. The molecule has 0 aliphatic rings. The van der Waals surface area contributed by atoms with Gasteiger partial charge in [0.1, 0.15) is 0 Å². The standard InChI is InChI=1S/C16H23N3/c1-3-4-5-10-15(19-17)16-11-12(2)13-8-6-7-9-14(13)18-16/h6-9,11,15,19H,3-5,10,17H2,1-2H3. The molecular formula is C16H23N3. The number of rotatable bonds is 6. The van der Waals surface area contributed by atoms with E-state index in [-0.39, 0.29) is 6.04 Å². The first-order chi connectivity index (χ1) is 9.26. The average molecular weight is 257 g/mol. The van der Waals surface area contributed by atoms with Crippen LogP contribution in [0, 0.1) is 6.92 Å². The van der Waals surface area contributed by atoms with E-state index in [4.69, 9.17) is 10.8 Å². The van der Waals surface area contributed by atoms with Gasteiger partial charge in [0.2, 0.25) is 0 Å². The fraction of sp³-hybridized carbons (Fsp3) is 0.438. The van der Waals surface area contributed by atoms with Gasteiger partial charge in [-0.2, -0.15) is 0 Å². The number of fused-ring (bicyclic) bond motifs is 1. The van der Waals surface area contributed by atoms with E-state index in [1.54, 1.807) is 0 Å². The molecule has 1 aromatic carbocycles. The van der Waals surface area contributed by atoms with Crippen molar-refractivity contribution in [1.29, 1.82) is 0 Å². The van der Waals surface area contributed by atoms with Crippen LogP contribution in [-0.2, 0) is 0 Å². The molecule has 0 spiro atoms. The average Bonchev–Trinajstić information content (AvgIpc) is 2.44. The quantitative estimate of drug-likeness (QED) is 0.472. The van der Waals surface area contributed by atoms with E-state index >= 15 is 0 Å². The summed E-state index contributed by atoms with van der Waals surface area (Å²) in [6.45, 7) is 4.34. The Morgan fingerprint density at radius 3 is 2.79 bits per heavy atom. The van der Waals surface area contributed by atoms with E-state index in [2.05, 4.69) is 43.5 Å². The summed E-state index contributed by atoms with van der Waals surface area (Å²) in [5.41, 5.74) is 6.27. The number of nitrogens with one attached hydrogen (secondary N) is 1. The van der Waals surface area contributed by atoms with Crippen molar-refractivity contribution >= 4 is 10.9 Å². The highest BCUT2D eigenvalue weighted by atomic mass is 15.2. The van der Waals surface area contributed by atoms with Crippen LogP contribution in [0.1, 0.15) is 49.9 Å². The van der Waals surface area contributed by atoms with Gasteiger partial charge in [-0.05, 0) is 31.0 Å². The molecule has 0 bridgehead atoms. The van der Waals surface area contributed by atoms with Gasteiger partial charge >= 0.3 is 0 Å². The number of nitrogens with zero attached hydrogens (tertiary/aromatic N) is 1. The van der Waals surface area contributed by atoms with Crippen LogP contribution in [0.15, 0.2) is 30.3 Å². The molecule has 19 heavy (non-hydrogen) atoms. The predicted octanol–water partition coefficient (Wildman–Crippen LogP) is 3.63. The highest BCUT2D eigenvalue weighted by molar-refractivity contribution is 5.82. The molecule has 3 N–H and O–H groups in total. The Hall–Kier alpha value is -1.45. The van der Waals surface area contributed by atoms with Gasteiger partial charge in [0.25, 0.3) is 0 Å². The molecule has 1 heterocycles. The van der Waals surface area contributed by atoms with Crippen LogP contribution in [0.3, 0.4) is 0 Å². The molecule has 0 aliphatic heterocycles. The number of pyridine rings is 1. The molecule has 1 atom stereocenters. The van der Waals surface area contributed by atoms with Crippen molar-refractivity contribution in [3.05, 3.63) is 41.6 Å². The van der Waals surface area contributed by atoms with Crippen molar-refractivity contribution in [2.45, 2.75) is 45.6 Å². The smallest absolute Gasteiger partial charge is 0.0708 e. The summed E-state index contributed by atoms with van der Waals surface area (Å²) in [6.07, 6.45) is 4.68. The highest BCUT2D eigenvalue weighted by Crippen LogP contribution is 2.23. The van der Waals surface area contributed by atoms with Crippen molar-refractivity contribution in [3.8, 4) is 0 Å². The van der Waals surface area contributed by atoms with Crippen molar-refractivity contribution in [2.24, 2.45) is 5.84 Å². The van der Waals surface area contributed by atoms with Crippen LogP contribution in [0.25, 0.3) is 10.9 Å². The lowest BCUT2D eigenvalue weighted by atomic mass is 10.0. The van der Waals surface area contributed by atoms with Gasteiger partial charge in [0, 0.05) is 5.39 Å². The van der Waals surface area contributed by atoms with Gasteiger partial charge in [-0.25, -0.2) is 0 Å². The number of aryl methyl sites for hydroxylation is 1. The van der Waals surface area contributed by atoms with Crippen LogP contribution in [-0.4, -0.2) is 4.98 Å². The molecule has 1 aromatic heterocycles. The second kappa shape index (κ2) is 6.64. The maximum Gasteiger partial charge on any atom is 0.0708 e. The summed E-state index contributed by atoms with van der Waals surface area (Å²) in [5.74, 6) is 5.69. The van der Waals surface area contributed by atoms with E-state index in [1.165, 1.54) is 30.2 Å². The van der Waals surface area contributed by atoms with Crippen LogP contribution < -0.4 is 11.3 Å². The highest BCUT2D eigenvalue weighted by Gasteiger charge is 2.12. The van der Waals surface area contributed by atoms with Crippen molar-refractivity contribution in [2.75, 3.05) is 0 Å². The Morgan fingerprint density at radius 2 is 2.05 bits per heavy atom. The second-order valence-electron chi connectivity index (χ2n) is 5.10. The lowest BCUT2D eigenvalue weighted by molar-refractivity contribution is 0.478. The number of hydrogen-bond acceptors (Lipinski definition) is 3. The molecular weight excluding hydrogens is 234 g/mol. The SMILES string of the molecule is CCCCCC(NN)c1cc(C)c2ccccc2n1. The minimum atomic E-state index is 0.148. The normalized spacial score (nSPS) is 12.8. The number of hydrazine groups is 1. The molecule has 1 unspecified atom stereocenters. The fourth-order valence-corrected chi connectivity index (χ4v) is 2.47. The van der Waals surface area contributed by atoms with Gasteiger partial charge in [0.15, 0.2) is 0 Å². The van der Waals surface area contributed by atoms with Crippen LogP contribution >= 0.6 is 0 Å². The first-order valence-electron chi connectivity index (χ1n) is 7.08. The third kappa shape index (κ3) is 3.31. The largest absolute Gasteiger partial charge is 0.271 e. The summed E-state index contributed by atoms with van der Waals surface area (Å²) in [5, 5.41) is 1.22. The topological polar surface area (TPSA) is 50.9 Å². The van der Waals surface area contributed by atoms with Crippen molar-refractivity contribution < 1.29 is 0 Å². The van der Waals surface area contributed by atoms with Crippen LogP contribution in [0.2, 0.25) is 0 Å². The number of unbranched alkanes of at least 4 members (excludes halogenated alkanes) is 2. The Balaban J connectivity index is 2.27. The molecule has 2 rings (SSSR count). The van der Waals surface area contributed by atoms with Crippen molar-refractivity contribution in [3.63, 3.8) is 0 Å². The van der Waals surface area contributed by atoms with Gasteiger partial charge in [0.05, 0.1) is 17.3 Å². The second-order valence-corrected chi connectivity index (χ2v) is 5.10. The number of para-hydroxylation sites is 1. The van der Waals surface area contributed by atoms with Gasteiger partial charge in [-0.3, -0.25) is 16.3 Å². The zero-order valence-electron chi connectivity index (χ0n) is 11.8. The minimum Gasteiger partial charge on any atom is -0.271 e. The number of hydrogen-bond donors (Lipinski definition) is 2. The Kier molecular flexibility index (Phi) is 4.88. The third-order valence-corrected chi connectivity index (χ3v) is 3.60. The summed E-state index contributed by atoms with van der Waals surface area (Å²) >= 11 is 0. The van der Waals surface area contributed by atoms with Crippen LogP contribution in [0.4, 0.5) is 0 Å². The zero-order valence-corrected chi connectivity index (χ0v) is 11.8. The lowest BCUT2D eigenvalue weighted by Crippen LogP contribution is -2.28. The fourth-order valence-electron chi connectivity index (χ4n) is 2.47. The molecule has 3 nitrogen and oxygen atoms in total. The zero-order chi connectivity index (χ0) is 13.7. The van der Waals surface area contributed by atoms with Crippen molar-refractivity contribution in [1.82, 2.24) is 10.4 Å². The van der Waals surface area contributed by atoms with E-state index in [0.29, 0.717) is 0 Å². The van der Waals surface area contributed by atoms with Gasteiger partial charge in [-0.15, -0.1) is 0 Å². The van der Waals surface area contributed by atoms with Crippen LogP contribution in [0.5, 0.6) is 0 Å². The summed E-state index contributed by atoms with van der Waals surface area (Å²) in [4.78, 5) is 4.74. The first kappa shape index (κ1) is 14.0. The first-order valence-corrected chi connectivity index (χ1v) is 7.08. The summed E-state index contributed by atoms with van der Waals surface area (Å²) in [7, 11) is 0. The van der Waals surface area contributed by atoms with Gasteiger partial charge < -0.3 is 0 Å². The van der Waals surface area contributed by atoms with E-state index in [0.717, 1.165) is 17.6 Å². The molecule has 0 saturated heterocycles. The maximum atomic E-state index is 5.69. The molecule has 2 aromatic rings. The molecule has 0 amide bonds. The Bertz CT molecular complexity index is 537. The molecule has 102 valence electrons. The maximum absolute atomic E-state index is 5.69. The van der Waals surface area contributed by atoms with E-state index in [9.17, 15) is 0 Å². The Morgan fingerprint density at radius 1 is 1.26 bits per heavy atom. The minimum absolute atomic E-state index is 0.148. The van der Waals surface area contributed by atoms with E-state index in [1.807, 2.05) is 6.07 Å². The number of aromatic nitrogens is 1.